The van der Waals surface area contributed by atoms with Gasteiger partial charge in [-0.2, -0.15) is 0 Å². The maximum atomic E-state index is 13.4. The highest BCUT2D eigenvalue weighted by Gasteiger charge is 2.31. The molecule has 0 aromatic carbocycles. The molecule has 0 aliphatic carbocycles. The Kier molecular flexibility index (Phi) is 7.24. The third-order valence-corrected chi connectivity index (χ3v) is 7.13. The van der Waals surface area contributed by atoms with Gasteiger partial charge in [0, 0.05) is 25.7 Å². The molecule has 2 aliphatic rings. The van der Waals surface area contributed by atoms with Gasteiger partial charge in [-0.3, -0.25) is 18.9 Å². The molecule has 0 radical (unpaired) electrons. The van der Waals surface area contributed by atoms with Crippen LogP contribution in [0.5, 0.6) is 0 Å². The molecule has 2 aliphatic heterocycles. The highest BCUT2D eigenvalue weighted by Crippen LogP contribution is 2.32. The van der Waals surface area contributed by atoms with Gasteiger partial charge in [0.05, 0.1) is 30.2 Å². The number of fused-ring (bicyclic) bond motifs is 1. The van der Waals surface area contributed by atoms with E-state index in [2.05, 4.69) is 5.32 Å². The number of thiocarbonyl (C=S) groups is 1. The number of pyridine rings is 1. The molecule has 0 spiro atoms. The standard InChI is InChI=1S/C22H27N5O3S2/c1-3-26-21(29)17(32-22(26)31)14-16-18(23-7-5-8-25-10-12-30-13-11-25)24-19-15(2)6-4-9-27(19)20(16)28/h4,6,9,14,23H,3,5,7-8,10-13H2,1-2H3/p+1/b17-14-. The Morgan fingerprint density at radius 1 is 1.34 bits per heavy atom. The minimum absolute atomic E-state index is 0.168. The molecule has 170 valence electrons. The molecular formula is C22H28N5O3S2+. The number of ether oxygens (including phenoxy) is 1. The topological polar surface area (TPSA) is 80.4 Å². The lowest BCUT2D eigenvalue weighted by atomic mass is 10.2. The van der Waals surface area contributed by atoms with Crippen LogP contribution in [0.4, 0.5) is 5.82 Å². The molecule has 0 atom stereocenters. The van der Waals surface area contributed by atoms with E-state index in [0.717, 1.165) is 44.8 Å². The van der Waals surface area contributed by atoms with Crippen LogP contribution in [0.3, 0.4) is 0 Å². The number of hydrogen-bond donors (Lipinski definition) is 2. The van der Waals surface area contributed by atoms with Gasteiger partial charge >= 0.3 is 0 Å². The van der Waals surface area contributed by atoms with Crippen LogP contribution in [0.15, 0.2) is 28.0 Å². The number of hydrogen-bond acceptors (Lipinski definition) is 7. The quantitative estimate of drug-likeness (QED) is 0.351. The van der Waals surface area contributed by atoms with Gasteiger partial charge in [0.2, 0.25) is 0 Å². The van der Waals surface area contributed by atoms with Crippen molar-refractivity contribution in [2.24, 2.45) is 0 Å². The molecule has 32 heavy (non-hydrogen) atoms. The summed E-state index contributed by atoms with van der Waals surface area (Å²) in [4.78, 5) is 34.4. The van der Waals surface area contributed by atoms with Gasteiger partial charge in [-0.05, 0) is 31.6 Å². The van der Waals surface area contributed by atoms with Crippen LogP contribution in [0.25, 0.3) is 11.7 Å². The summed E-state index contributed by atoms with van der Waals surface area (Å²) in [5.41, 5.74) is 1.69. The van der Waals surface area contributed by atoms with Gasteiger partial charge in [0.15, 0.2) is 0 Å². The first-order valence-electron chi connectivity index (χ1n) is 10.9. The van der Waals surface area contributed by atoms with Crippen LogP contribution >= 0.6 is 24.0 Å². The summed E-state index contributed by atoms with van der Waals surface area (Å²) in [6.07, 6.45) is 4.29. The second-order valence-electron chi connectivity index (χ2n) is 7.88. The van der Waals surface area contributed by atoms with E-state index in [4.69, 9.17) is 21.9 Å². The monoisotopic (exact) mass is 474 g/mol. The first-order valence-corrected chi connectivity index (χ1v) is 12.1. The fourth-order valence-electron chi connectivity index (χ4n) is 3.94. The molecule has 1 amide bonds. The minimum Gasteiger partial charge on any atom is -0.370 e. The molecular weight excluding hydrogens is 446 g/mol. The second-order valence-corrected chi connectivity index (χ2v) is 9.56. The summed E-state index contributed by atoms with van der Waals surface area (Å²) in [7, 11) is 0. The molecule has 0 saturated carbocycles. The highest BCUT2D eigenvalue weighted by molar-refractivity contribution is 8.26. The third kappa shape index (κ3) is 4.73. The number of nitrogens with zero attached hydrogens (tertiary/aromatic N) is 3. The van der Waals surface area contributed by atoms with Crippen molar-refractivity contribution in [1.82, 2.24) is 14.3 Å². The lowest BCUT2D eigenvalue weighted by molar-refractivity contribution is -0.908. The molecule has 2 saturated heterocycles. The fraction of sp³-hybridized carbons (Fsp3) is 0.455. The predicted octanol–water partition coefficient (Wildman–Crippen LogP) is 0.941. The van der Waals surface area contributed by atoms with Gasteiger partial charge in [0.25, 0.3) is 11.5 Å². The van der Waals surface area contributed by atoms with Crippen molar-refractivity contribution in [1.29, 1.82) is 0 Å². The van der Waals surface area contributed by atoms with E-state index in [-0.39, 0.29) is 11.5 Å². The number of nitrogens with one attached hydrogen (secondary N) is 2. The summed E-state index contributed by atoms with van der Waals surface area (Å²) in [5, 5.41) is 3.36. The molecule has 4 heterocycles. The molecule has 2 aromatic heterocycles. The van der Waals surface area contributed by atoms with Gasteiger partial charge in [0.1, 0.15) is 28.9 Å². The van der Waals surface area contributed by atoms with E-state index >= 15 is 0 Å². The molecule has 4 rings (SSSR count). The number of rotatable bonds is 7. The van der Waals surface area contributed by atoms with E-state index in [1.165, 1.54) is 21.1 Å². The van der Waals surface area contributed by atoms with Crippen molar-refractivity contribution in [2.75, 3.05) is 51.3 Å². The fourth-order valence-corrected chi connectivity index (χ4v) is 5.30. The van der Waals surface area contributed by atoms with Gasteiger partial charge in [-0.25, -0.2) is 4.98 Å². The van der Waals surface area contributed by atoms with Crippen molar-refractivity contribution in [2.45, 2.75) is 20.3 Å². The predicted molar refractivity (Wildman–Crippen MR) is 131 cm³/mol. The van der Waals surface area contributed by atoms with E-state index in [0.29, 0.717) is 39.3 Å². The Morgan fingerprint density at radius 2 is 2.12 bits per heavy atom. The smallest absolute Gasteiger partial charge is 0.267 e. The van der Waals surface area contributed by atoms with Gasteiger partial charge < -0.3 is 15.0 Å². The lowest BCUT2D eigenvalue weighted by Gasteiger charge is -2.23. The number of likely N-dealkylation sites (N-methyl/N-ethyl adjacent to an activating group) is 1. The first-order chi connectivity index (χ1) is 15.5. The largest absolute Gasteiger partial charge is 0.370 e. The van der Waals surface area contributed by atoms with Crippen molar-refractivity contribution in [3.8, 4) is 0 Å². The number of anilines is 1. The SMILES string of the molecule is CCN1C(=O)/C(=C/c2c(NCCC[NH+]3CCOCC3)nc3c(C)cccn3c2=O)SC1=S. The van der Waals surface area contributed by atoms with Crippen molar-refractivity contribution >= 4 is 51.7 Å². The number of quaternary nitrogens is 1. The number of amides is 1. The molecule has 8 nitrogen and oxygen atoms in total. The first kappa shape index (κ1) is 22.9. The second kappa shape index (κ2) is 10.1. The number of aryl methyl sites for hydroxylation is 1. The molecule has 2 aromatic rings. The Balaban J connectivity index is 1.63. The average molecular weight is 475 g/mol. The lowest BCUT2D eigenvalue weighted by Crippen LogP contribution is -3.14. The van der Waals surface area contributed by atoms with Crippen LogP contribution in [0.1, 0.15) is 24.5 Å². The van der Waals surface area contributed by atoms with Gasteiger partial charge in [-0.1, -0.05) is 30.0 Å². The van der Waals surface area contributed by atoms with E-state index in [1.807, 2.05) is 26.0 Å². The van der Waals surface area contributed by atoms with Crippen LogP contribution < -0.4 is 15.8 Å². The third-order valence-electron chi connectivity index (χ3n) is 5.75. The van der Waals surface area contributed by atoms with Gasteiger partial charge in [-0.15, -0.1) is 0 Å². The normalized spacial score (nSPS) is 18.8. The zero-order valence-corrected chi connectivity index (χ0v) is 20.0. The molecule has 2 fully saturated rings. The van der Waals surface area contributed by atoms with E-state index < -0.39 is 0 Å². The maximum absolute atomic E-state index is 13.4. The summed E-state index contributed by atoms with van der Waals surface area (Å²) in [6.45, 7) is 9.72. The summed E-state index contributed by atoms with van der Waals surface area (Å²) in [5.74, 6) is 0.334. The maximum Gasteiger partial charge on any atom is 0.267 e. The van der Waals surface area contributed by atoms with Crippen molar-refractivity contribution in [3.63, 3.8) is 0 Å². The summed E-state index contributed by atoms with van der Waals surface area (Å²) >= 11 is 6.54. The zero-order valence-electron chi connectivity index (χ0n) is 18.3. The zero-order chi connectivity index (χ0) is 22.7. The summed E-state index contributed by atoms with van der Waals surface area (Å²) in [6, 6.07) is 3.75. The van der Waals surface area contributed by atoms with E-state index in [9.17, 15) is 9.59 Å². The molecule has 0 unspecified atom stereocenters. The number of thioether (sulfide) groups is 1. The number of morpholine rings is 1. The Hall–Kier alpha value is -2.27. The number of carbonyl (C=O) groups excluding carboxylic acids is 1. The van der Waals surface area contributed by atoms with E-state index in [1.54, 1.807) is 17.2 Å². The molecule has 2 N–H and O–H groups in total. The van der Waals surface area contributed by atoms with Crippen LogP contribution in [-0.2, 0) is 9.53 Å². The van der Waals surface area contributed by atoms with Crippen molar-refractivity contribution < 1.29 is 14.4 Å². The summed E-state index contributed by atoms with van der Waals surface area (Å²) < 4.78 is 7.46. The Labute approximate surface area is 196 Å². The number of carbonyl (C=O) groups is 1. The minimum atomic E-state index is -0.207. The Morgan fingerprint density at radius 3 is 2.84 bits per heavy atom. The molecule has 10 heteroatoms. The average Bonchev–Trinajstić information content (AvgIpc) is 3.07. The molecule has 0 bridgehead atoms. The highest BCUT2D eigenvalue weighted by atomic mass is 32.2. The van der Waals surface area contributed by atoms with Crippen molar-refractivity contribution in [3.05, 3.63) is 44.7 Å². The Bertz CT molecular complexity index is 1120. The van der Waals surface area contributed by atoms with Crippen LogP contribution in [-0.4, -0.2) is 70.4 Å². The van der Waals surface area contributed by atoms with Crippen LogP contribution in [0.2, 0.25) is 0 Å². The van der Waals surface area contributed by atoms with Crippen LogP contribution in [0, 0.1) is 6.92 Å². The number of aromatic nitrogens is 2.